The van der Waals surface area contributed by atoms with E-state index in [0.717, 1.165) is 0 Å². The Morgan fingerprint density at radius 2 is 1.27 bits per heavy atom. The molecule has 0 spiro atoms. The highest BCUT2D eigenvalue weighted by Gasteiger charge is 2.72. The van der Waals surface area contributed by atoms with Gasteiger partial charge in [-0.05, 0) is 18.3 Å². The minimum Gasteiger partial charge on any atom is -0.466 e. The number of methoxy groups -OCH3 is 2. The van der Waals surface area contributed by atoms with Crippen LogP contribution in [0.2, 0.25) is 0 Å². The number of fused-ring (bicyclic) bond motifs is 8. The molecule has 2 bridgehead atoms. The lowest BCUT2D eigenvalue weighted by molar-refractivity contribution is -0.155. The van der Waals surface area contributed by atoms with E-state index in [9.17, 15) is 19.2 Å². The Kier molecular flexibility index (Phi) is 2.56. The number of ether oxygens (including phenoxy) is 3. The van der Waals surface area contributed by atoms with Gasteiger partial charge in [0.05, 0.1) is 37.2 Å². The molecule has 116 valence electrons. The Balaban J connectivity index is 1.78. The van der Waals surface area contributed by atoms with Crippen LogP contribution in [0.15, 0.2) is 11.1 Å². The number of hydrogen-bond acceptors (Lipinski definition) is 7. The van der Waals surface area contributed by atoms with Crippen LogP contribution < -0.4 is 0 Å². The van der Waals surface area contributed by atoms with Crippen molar-refractivity contribution in [3.63, 3.8) is 0 Å². The molecular formula is C15H14O7. The molecule has 7 heteroatoms. The molecule has 1 saturated heterocycles. The molecule has 0 aromatic carbocycles. The van der Waals surface area contributed by atoms with Crippen molar-refractivity contribution in [2.45, 2.75) is 6.42 Å². The topological polar surface area (TPSA) is 96.0 Å². The highest BCUT2D eigenvalue weighted by molar-refractivity contribution is 6.06. The third-order valence-electron chi connectivity index (χ3n) is 5.68. The first-order valence-corrected chi connectivity index (χ1v) is 7.17. The van der Waals surface area contributed by atoms with Crippen molar-refractivity contribution in [3.05, 3.63) is 11.1 Å². The third-order valence-corrected chi connectivity index (χ3v) is 5.68. The summed E-state index contributed by atoms with van der Waals surface area (Å²) in [5.74, 6) is -3.82. The van der Waals surface area contributed by atoms with E-state index in [0.29, 0.717) is 17.6 Å². The molecular weight excluding hydrogens is 292 g/mol. The summed E-state index contributed by atoms with van der Waals surface area (Å²) in [4.78, 5) is 47.8. The maximum atomic E-state index is 12.0. The fraction of sp³-hybridized carbons (Fsp3) is 0.600. The van der Waals surface area contributed by atoms with Crippen LogP contribution in [-0.2, 0) is 33.4 Å². The maximum absolute atomic E-state index is 12.0. The van der Waals surface area contributed by atoms with Gasteiger partial charge in [0.2, 0.25) is 0 Å². The third kappa shape index (κ3) is 1.32. The van der Waals surface area contributed by atoms with Gasteiger partial charge >= 0.3 is 23.9 Å². The van der Waals surface area contributed by atoms with Crippen LogP contribution in [0.4, 0.5) is 0 Å². The van der Waals surface area contributed by atoms with Crippen molar-refractivity contribution in [2.24, 2.45) is 35.5 Å². The van der Waals surface area contributed by atoms with E-state index in [1.54, 1.807) is 0 Å². The van der Waals surface area contributed by atoms with Crippen LogP contribution in [0.3, 0.4) is 0 Å². The van der Waals surface area contributed by atoms with Crippen LogP contribution in [0, 0.1) is 35.5 Å². The number of carbonyl (C=O) groups is 4. The van der Waals surface area contributed by atoms with Gasteiger partial charge in [-0.3, -0.25) is 9.59 Å². The van der Waals surface area contributed by atoms with Crippen molar-refractivity contribution < 1.29 is 33.4 Å². The fourth-order valence-electron chi connectivity index (χ4n) is 5.05. The molecule has 22 heavy (non-hydrogen) atoms. The minimum absolute atomic E-state index is 0.138. The lowest BCUT2D eigenvalue weighted by atomic mass is 9.56. The summed E-state index contributed by atoms with van der Waals surface area (Å²) in [6.45, 7) is 0. The molecule has 0 aromatic heterocycles. The number of rotatable bonds is 2. The standard InChI is InChI=1S/C15H14O7/c1-20-12(16)10-6-4-3-5(7(6)11(10)13(17)21-2)9-8(4)14(18)22-15(9)19/h4-9H,3H2,1-2H3/t4-,5+,6+,7-,8-,9+. The molecule has 4 aliphatic rings. The molecule has 3 fully saturated rings. The fourth-order valence-corrected chi connectivity index (χ4v) is 5.05. The van der Waals surface area contributed by atoms with E-state index in [-0.39, 0.29) is 23.7 Å². The highest BCUT2D eigenvalue weighted by atomic mass is 16.6. The molecule has 0 aromatic rings. The first-order chi connectivity index (χ1) is 10.5. The lowest BCUT2D eigenvalue weighted by Crippen LogP contribution is -2.48. The van der Waals surface area contributed by atoms with Crippen LogP contribution in [0.25, 0.3) is 0 Å². The molecule has 0 radical (unpaired) electrons. The van der Waals surface area contributed by atoms with Gasteiger partial charge < -0.3 is 14.2 Å². The normalized spacial score (nSPS) is 40.8. The first kappa shape index (κ1) is 13.5. The molecule has 2 saturated carbocycles. The quantitative estimate of drug-likeness (QED) is 0.397. The smallest absolute Gasteiger partial charge is 0.334 e. The highest BCUT2D eigenvalue weighted by Crippen LogP contribution is 2.69. The van der Waals surface area contributed by atoms with Crippen LogP contribution in [-0.4, -0.2) is 38.1 Å². The van der Waals surface area contributed by atoms with Crippen LogP contribution in [0.5, 0.6) is 0 Å². The first-order valence-electron chi connectivity index (χ1n) is 7.17. The summed E-state index contributed by atoms with van der Waals surface area (Å²) in [6.07, 6.45) is 0.645. The van der Waals surface area contributed by atoms with Crippen LogP contribution >= 0.6 is 0 Å². The van der Waals surface area contributed by atoms with E-state index in [1.165, 1.54) is 14.2 Å². The second-order valence-electron chi connectivity index (χ2n) is 6.22. The molecule has 1 heterocycles. The molecule has 0 unspecified atom stereocenters. The lowest BCUT2D eigenvalue weighted by Gasteiger charge is -2.44. The van der Waals surface area contributed by atoms with E-state index in [2.05, 4.69) is 0 Å². The summed E-state index contributed by atoms with van der Waals surface area (Å²) < 4.78 is 14.3. The van der Waals surface area contributed by atoms with Gasteiger partial charge in [0.25, 0.3) is 0 Å². The number of carbonyl (C=O) groups excluding carboxylic acids is 4. The minimum atomic E-state index is -0.566. The van der Waals surface area contributed by atoms with Gasteiger partial charge in [-0.1, -0.05) is 0 Å². The molecule has 0 N–H and O–H groups in total. The summed E-state index contributed by atoms with van der Waals surface area (Å²) in [7, 11) is 2.50. The predicted octanol–water partition coefficient (Wildman–Crippen LogP) is -0.160. The second kappa shape index (κ2) is 4.18. The average molecular weight is 306 g/mol. The van der Waals surface area contributed by atoms with Crippen molar-refractivity contribution in [1.29, 1.82) is 0 Å². The van der Waals surface area contributed by atoms with Gasteiger partial charge in [0, 0.05) is 11.8 Å². The number of esters is 4. The maximum Gasteiger partial charge on any atom is 0.334 e. The molecule has 1 aliphatic heterocycles. The van der Waals surface area contributed by atoms with Gasteiger partial charge in [-0.15, -0.1) is 0 Å². The van der Waals surface area contributed by atoms with Crippen molar-refractivity contribution in [1.82, 2.24) is 0 Å². The molecule has 6 atom stereocenters. The molecule has 7 nitrogen and oxygen atoms in total. The van der Waals surface area contributed by atoms with Gasteiger partial charge in [-0.2, -0.15) is 0 Å². The van der Waals surface area contributed by atoms with Crippen molar-refractivity contribution in [3.8, 4) is 0 Å². The Hall–Kier alpha value is -2.18. The summed E-state index contributed by atoms with van der Waals surface area (Å²) >= 11 is 0. The van der Waals surface area contributed by atoms with Gasteiger partial charge in [0.15, 0.2) is 0 Å². The Labute approximate surface area is 125 Å². The Morgan fingerprint density at radius 3 is 1.64 bits per heavy atom. The molecule has 0 amide bonds. The van der Waals surface area contributed by atoms with Crippen molar-refractivity contribution in [2.75, 3.05) is 14.2 Å². The van der Waals surface area contributed by atoms with E-state index < -0.39 is 35.7 Å². The number of hydrogen-bond donors (Lipinski definition) is 0. The van der Waals surface area contributed by atoms with Crippen molar-refractivity contribution >= 4 is 23.9 Å². The van der Waals surface area contributed by atoms with E-state index in [1.807, 2.05) is 0 Å². The average Bonchev–Trinajstić information content (AvgIpc) is 3.07. The zero-order valence-corrected chi connectivity index (χ0v) is 12.0. The zero-order valence-electron chi connectivity index (χ0n) is 12.0. The number of cyclic esters (lactones) is 2. The summed E-state index contributed by atoms with van der Waals surface area (Å²) in [6, 6.07) is 0. The predicted molar refractivity (Wildman–Crippen MR) is 67.7 cm³/mol. The monoisotopic (exact) mass is 306 g/mol. The summed E-state index contributed by atoms with van der Waals surface area (Å²) in [5, 5.41) is 0. The van der Waals surface area contributed by atoms with Gasteiger partial charge in [0.1, 0.15) is 0 Å². The Morgan fingerprint density at radius 1 is 0.864 bits per heavy atom. The second-order valence-corrected chi connectivity index (χ2v) is 6.22. The molecule has 3 aliphatic carbocycles. The van der Waals surface area contributed by atoms with Crippen LogP contribution in [0.1, 0.15) is 6.42 Å². The summed E-state index contributed by atoms with van der Waals surface area (Å²) in [5.41, 5.74) is 0.606. The Bertz CT molecular complexity index is 607. The van der Waals surface area contributed by atoms with Gasteiger partial charge in [-0.25, -0.2) is 9.59 Å². The zero-order chi connectivity index (χ0) is 15.8. The van der Waals surface area contributed by atoms with E-state index >= 15 is 0 Å². The largest absolute Gasteiger partial charge is 0.466 e. The van der Waals surface area contributed by atoms with E-state index in [4.69, 9.17) is 14.2 Å². The SMILES string of the molecule is COC(=O)C1=C(C(=O)OC)[C@H]2[C@H]3C[C@@H]([C@@H]12)[C@@H]1C(=O)OC(=O)[C@H]31. The molecule has 4 rings (SSSR count).